The second-order valence-corrected chi connectivity index (χ2v) is 12.2. The fourth-order valence-corrected chi connectivity index (χ4v) is 6.36. The van der Waals surface area contributed by atoms with Crippen molar-refractivity contribution in [3.8, 4) is 5.69 Å². The number of nitrogens with one attached hydrogen (secondary N) is 1. The molecule has 208 valence electrons. The summed E-state index contributed by atoms with van der Waals surface area (Å²) in [5, 5.41) is 4.19. The molecule has 0 fully saturated rings. The Balaban J connectivity index is 1.60. The number of aromatic nitrogens is 1. The first kappa shape index (κ1) is 28.8. The molecular formula is C32H36N4O3S. The molecule has 0 unspecified atom stereocenters. The van der Waals surface area contributed by atoms with Crippen molar-refractivity contribution < 1.29 is 13.2 Å². The van der Waals surface area contributed by atoms with Gasteiger partial charge in [0, 0.05) is 17.0 Å². The Morgan fingerprint density at radius 3 is 2.12 bits per heavy atom. The molecule has 0 aliphatic heterocycles. The van der Waals surface area contributed by atoms with Gasteiger partial charge < -0.3 is 4.57 Å². The molecule has 0 bridgehead atoms. The number of carbonyl (C=O) groups excluding carboxylic acids is 1. The second kappa shape index (κ2) is 11.5. The van der Waals surface area contributed by atoms with E-state index in [-0.39, 0.29) is 4.90 Å². The highest BCUT2D eigenvalue weighted by Crippen LogP contribution is 2.28. The molecule has 0 radical (unpaired) electrons. The van der Waals surface area contributed by atoms with Crippen molar-refractivity contribution in [2.24, 2.45) is 5.10 Å². The monoisotopic (exact) mass is 556 g/mol. The lowest BCUT2D eigenvalue weighted by Crippen LogP contribution is -2.40. The van der Waals surface area contributed by atoms with E-state index >= 15 is 0 Å². The second-order valence-electron chi connectivity index (χ2n) is 10.3. The van der Waals surface area contributed by atoms with Crippen LogP contribution in [0.15, 0.2) is 76.7 Å². The molecule has 0 atom stereocenters. The zero-order valence-corrected chi connectivity index (χ0v) is 24.9. The number of hydrogen-bond donors (Lipinski definition) is 1. The van der Waals surface area contributed by atoms with Gasteiger partial charge >= 0.3 is 0 Å². The van der Waals surface area contributed by atoms with Gasteiger partial charge in [0.25, 0.3) is 15.9 Å². The normalized spacial score (nSPS) is 11.7. The lowest BCUT2D eigenvalue weighted by atomic mass is 10.1. The fraction of sp³-hybridized carbons (Fsp3) is 0.250. The highest BCUT2D eigenvalue weighted by Gasteiger charge is 2.28. The van der Waals surface area contributed by atoms with Crippen LogP contribution in [-0.2, 0) is 14.8 Å². The van der Waals surface area contributed by atoms with E-state index in [1.807, 2.05) is 58.9 Å². The standard InChI is InChI=1S/C32H36N4O3S/c1-21-12-15-29(16-13-21)40(38,39)35(30-17-22(2)11-14-23(30)3)20-31(37)34-33-19-28-18-26(6)36(27(28)7)32-24(4)9-8-10-25(32)5/h8-19H,20H2,1-7H3,(H,34,37)/b33-19-. The summed E-state index contributed by atoms with van der Waals surface area (Å²) in [6, 6.07) is 20.4. The highest BCUT2D eigenvalue weighted by atomic mass is 32.2. The van der Waals surface area contributed by atoms with Crippen molar-refractivity contribution >= 4 is 27.8 Å². The third kappa shape index (κ3) is 5.87. The minimum atomic E-state index is -4.01. The first-order valence-electron chi connectivity index (χ1n) is 13.1. The van der Waals surface area contributed by atoms with Gasteiger partial charge in [0.1, 0.15) is 6.54 Å². The number of sulfonamides is 1. The Labute approximate surface area is 237 Å². The van der Waals surface area contributed by atoms with Crippen LogP contribution in [0.5, 0.6) is 0 Å². The van der Waals surface area contributed by atoms with Gasteiger partial charge in [0.15, 0.2) is 0 Å². The summed E-state index contributed by atoms with van der Waals surface area (Å²) in [6.45, 7) is 13.4. The molecule has 1 N–H and O–H groups in total. The fourth-order valence-electron chi connectivity index (χ4n) is 4.89. The van der Waals surface area contributed by atoms with E-state index in [1.54, 1.807) is 36.5 Å². The number of anilines is 1. The van der Waals surface area contributed by atoms with Gasteiger partial charge in [-0.2, -0.15) is 5.10 Å². The molecule has 4 rings (SSSR count). The van der Waals surface area contributed by atoms with Crippen LogP contribution in [-0.4, -0.2) is 31.7 Å². The number of benzene rings is 3. The molecule has 0 aliphatic rings. The van der Waals surface area contributed by atoms with Crippen molar-refractivity contribution in [3.05, 3.63) is 111 Å². The van der Waals surface area contributed by atoms with Crippen LogP contribution in [0.1, 0.15) is 44.8 Å². The van der Waals surface area contributed by atoms with Crippen molar-refractivity contribution in [3.63, 3.8) is 0 Å². The summed E-state index contributed by atoms with van der Waals surface area (Å²) in [7, 11) is -4.01. The van der Waals surface area contributed by atoms with Gasteiger partial charge in [0.05, 0.1) is 22.5 Å². The molecule has 1 heterocycles. The predicted octanol–water partition coefficient (Wildman–Crippen LogP) is 5.98. The molecule has 3 aromatic carbocycles. The van der Waals surface area contributed by atoms with Crippen LogP contribution in [0, 0.1) is 48.5 Å². The van der Waals surface area contributed by atoms with Crippen molar-refractivity contribution in [2.45, 2.75) is 53.4 Å². The average Bonchev–Trinajstić information content (AvgIpc) is 3.17. The number of aryl methyl sites for hydroxylation is 6. The predicted molar refractivity (Wildman–Crippen MR) is 162 cm³/mol. The van der Waals surface area contributed by atoms with Gasteiger partial charge in [-0.1, -0.05) is 48.0 Å². The maximum Gasteiger partial charge on any atom is 0.264 e. The van der Waals surface area contributed by atoms with E-state index in [2.05, 4.69) is 41.1 Å². The number of hydrogen-bond acceptors (Lipinski definition) is 4. The molecule has 8 heteroatoms. The van der Waals surface area contributed by atoms with E-state index in [1.165, 1.54) is 11.1 Å². The van der Waals surface area contributed by atoms with Gasteiger partial charge in [-0.15, -0.1) is 0 Å². The number of hydrazone groups is 1. The Morgan fingerprint density at radius 2 is 1.48 bits per heavy atom. The van der Waals surface area contributed by atoms with Crippen LogP contribution in [0.3, 0.4) is 0 Å². The Bertz CT molecular complexity index is 1680. The number of nitrogens with zero attached hydrogens (tertiary/aromatic N) is 3. The largest absolute Gasteiger partial charge is 0.317 e. The van der Waals surface area contributed by atoms with Crippen LogP contribution in [0.25, 0.3) is 5.69 Å². The van der Waals surface area contributed by atoms with E-state index < -0.39 is 22.5 Å². The van der Waals surface area contributed by atoms with Crippen LogP contribution >= 0.6 is 0 Å². The third-order valence-electron chi connectivity index (χ3n) is 7.06. The Morgan fingerprint density at radius 1 is 0.850 bits per heavy atom. The number of carbonyl (C=O) groups is 1. The van der Waals surface area contributed by atoms with Gasteiger partial charge in [-0.05, 0) is 95.0 Å². The minimum Gasteiger partial charge on any atom is -0.317 e. The summed E-state index contributed by atoms with van der Waals surface area (Å²) >= 11 is 0. The smallest absolute Gasteiger partial charge is 0.264 e. The molecule has 1 aromatic heterocycles. The van der Waals surface area contributed by atoms with Gasteiger partial charge in [-0.3, -0.25) is 9.10 Å². The van der Waals surface area contributed by atoms with Crippen molar-refractivity contribution in [1.29, 1.82) is 0 Å². The van der Waals surface area contributed by atoms with E-state index in [0.29, 0.717) is 5.69 Å². The van der Waals surface area contributed by atoms with Crippen LogP contribution in [0.2, 0.25) is 0 Å². The number of amides is 1. The molecule has 1 amide bonds. The number of rotatable bonds is 8. The maximum atomic E-state index is 13.7. The Hall–Kier alpha value is -4.17. The third-order valence-corrected chi connectivity index (χ3v) is 8.83. The maximum absolute atomic E-state index is 13.7. The summed E-state index contributed by atoms with van der Waals surface area (Å²) in [4.78, 5) is 13.2. The molecule has 0 spiro atoms. The van der Waals surface area contributed by atoms with Crippen molar-refractivity contribution in [2.75, 3.05) is 10.8 Å². The zero-order valence-electron chi connectivity index (χ0n) is 24.1. The SMILES string of the molecule is Cc1ccc(S(=O)(=O)N(CC(=O)N/N=C\c2cc(C)n(-c3c(C)cccc3C)c2C)c2cc(C)ccc2C)cc1. The lowest BCUT2D eigenvalue weighted by molar-refractivity contribution is -0.119. The molecule has 40 heavy (non-hydrogen) atoms. The quantitative estimate of drug-likeness (QED) is 0.214. The molecule has 0 aliphatic carbocycles. The summed E-state index contributed by atoms with van der Waals surface area (Å²) in [6.07, 6.45) is 1.60. The Kier molecular flexibility index (Phi) is 8.30. The summed E-state index contributed by atoms with van der Waals surface area (Å²) < 4.78 is 30.8. The molecule has 4 aromatic rings. The highest BCUT2D eigenvalue weighted by molar-refractivity contribution is 7.92. The first-order valence-corrected chi connectivity index (χ1v) is 14.6. The first-order chi connectivity index (χ1) is 18.9. The topological polar surface area (TPSA) is 83.8 Å². The van der Waals surface area contributed by atoms with E-state index in [0.717, 1.165) is 43.6 Å². The van der Waals surface area contributed by atoms with Crippen LogP contribution < -0.4 is 9.73 Å². The lowest BCUT2D eigenvalue weighted by Gasteiger charge is -2.25. The average molecular weight is 557 g/mol. The summed E-state index contributed by atoms with van der Waals surface area (Å²) in [5.41, 5.74) is 11.9. The van der Waals surface area contributed by atoms with Crippen molar-refractivity contribution in [1.82, 2.24) is 9.99 Å². The van der Waals surface area contributed by atoms with Gasteiger partial charge in [0.2, 0.25) is 0 Å². The molecular weight excluding hydrogens is 520 g/mol. The minimum absolute atomic E-state index is 0.120. The summed E-state index contributed by atoms with van der Waals surface area (Å²) in [5.74, 6) is -0.545. The zero-order chi connectivity index (χ0) is 29.2. The molecule has 7 nitrogen and oxygen atoms in total. The van der Waals surface area contributed by atoms with Gasteiger partial charge in [-0.25, -0.2) is 13.8 Å². The molecule has 0 saturated heterocycles. The van der Waals surface area contributed by atoms with E-state index in [4.69, 9.17) is 0 Å². The molecule has 0 saturated carbocycles. The van der Waals surface area contributed by atoms with Crippen LogP contribution in [0.4, 0.5) is 5.69 Å². The number of para-hydroxylation sites is 1. The van der Waals surface area contributed by atoms with E-state index in [9.17, 15) is 13.2 Å².